The summed E-state index contributed by atoms with van der Waals surface area (Å²) in [4.78, 5) is 10.6. The first-order chi connectivity index (χ1) is 6.20. The minimum Gasteiger partial charge on any atom is -0.303 e. The lowest BCUT2D eigenvalue weighted by Gasteiger charge is -2.09. The van der Waals surface area contributed by atoms with Gasteiger partial charge in [-0.3, -0.25) is 0 Å². The number of carbonyl (C=O) groups is 1. The lowest BCUT2D eigenvalue weighted by atomic mass is 9.99. The summed E-state index contributed by atoms with van der Waals surface area (Å²) in [6, 6.07) is 5.84. The van der Waals surface area contributed by atoms with Gasteiger partial charge in [-0.25, -0.2) is 0 Å². The number of carbonyl (C=O) groups excluding carboxylic acids is 1. The zero-order valence-electron chi connectivity index (χ0n) is 7.88. The van der Waals surface area contributed by atoms with E-state index in [9.17, 15) is 4.79 Å². The normalized spacial score (nSPS) is 12.5. The molecule has 0 amide bonds. The second kappa shape index (κ2) is 4.43. The maximum absolute atomic E-state index is 10.6. The second-order valence-corrected chi connectivity index (χ2v) is 3.48. The molecule has 0 radical (unpaired) electrons. The molecule has 0 aliphatic rings. The van der Waals surface area contributed by atoms with Gasteiger partial charge in [0, 0.05) is 10.9 Å². The van der Waals surface area contributed by atoms with Crippen molar-refractivity contribution in [1.29, 1.82) is 0 Å². The van der Waals surface area contributed by atoms with Crippen LogP contribution in [0.25, 0.3) is 0 Å². The molecule has 1 aromatic carbocycles. The highest BCUT2D eigenvalue weighted by atomic mass is 35.5. The van der Waals surface area contributed by atoms with Gasteiger partial charge >= 0.3 is 0 Å². The van der Waals surface area contributed by atoms with Crippen LogP contribution in [-0.4, -0.2) is 6.29 Å². The summed E-state index contributed by atoms with van der Waals surface area (Å²) in [5.74, 6) is -0.112. The predicted octanol–water partition coefficient (Wildman–Crippen LogP) is 3.20. The molecule has 2 heteroatoms. The van der Waals surface area contributed by atoms with E-state index in [0.29, 0.717) is 0 Å². The van der Waals surface area contributed by atoms with E-state index >= 15 is 0 Å². The van der Waals surface area contributed by atoms with E-state index in [-0.39, 0.29) is 5.92 Å². The summed E-state index contributed by atoms with van der Waals surface area (Å²) in [5, 5.41) is 0.740. The lowest BCUT2D eigenvalue weighted by molar-refractivity contribution is -0.108. The van der Waals surface area contributed by atoms with Crippen LogP contribution in [0.2, 0.25) is 5.02 Å². The minimum absolute atomic E-state index is 0.112. The molecule has 1 rings (SSSR count). The van der Waals surface area contributed by atoms with Gasteiger partial charge < -0.3 is 4.79 Å². The van der Waals surface area contributed by atoms with Gasteiger partial charge in [0.2, 0.25) is 0 Å². The summed E-state index contributed by atoms with van der Waals surface area (Å²) in [7, 11) is 0. The van der Waals surface area contributed by atoms with Crippen LogP contribution in [0.1, 0.15) is 30.9 Å². The fraction of sp³-hybridized carbons (Fsp3) is 0.364. The molecule has 1 atom stereocenters. The minimum atomic E-state index is -0.112. The zero-order valence-corrected chi connectivity index (χ0v) is 8.64. The van der Waals surface area contributed by atoms with E-state index < -0.39 is 0 Å². The Hall–Kier alpha value is -0.820. The molecule has 0 aromatic heterocycles. The van der Waals surface area contributed by atoms with Crippen LogP contribution in [-0.2, 0) is 11.2 Å². The molecule has 1 nitrogen and oxygen atoms in total. The molecule has 0 N–H and O–H groups in total. The Balaban J connectivity index is 3.14. The zero-order chi connectivity index (χ0) is 9.84. The van der Waals surface area contributed by atoms with Crippen molar-refractivity contribution in [3.05, 3.63) is 34.3 Å². The molecule has 1 unspecified atom stereocenters. The van der Waals surface area contributed by atoms with Crippen LogP contribution < -0.4 is 0 Å². The Morgan fingerprint density at radius 3 is 2.77 bits per heavy atom. The molecule has 0 heterocycles. The van der Waals surface area contributed by atoms with Gasteiger partial charge in [0.1, 0.15) is 6.29 Å². The van der Waals surface area contributed by atoms with Crippen molar-refractivity contribution in [3.8, 4) is 0 Å². The molecule has 0 fully saturated rings. The van der Waals surface area contributed by atoms with E-state index in [4.69, 9.17) is 11.6 Å². The number of hydrogen-bond donors (Lipinski definition) is 0. The summed E-state index contributed by atoms with van der Waals surface area (Å²) >= 11 is 6.12. The molecule has 1 aromatic rings. The van der Waals surface area contributed by atoms with Gasteiger partial charge in [-0.15, -0.1) is 0 Å². The van der Waals surface area contributed by atoms with Crippen molar-refractivity contribution >= 4 is 17.9 Å². The standard InChI is InChI=1S/C11H13ClO/c1-3-9-5-4-6-10(11(9)12)8(2)7-13/h4-8H,3H2,1-2H3. The fourth-order valence-corrected chi connectivity index (χ4v) is 1.73. The topological polar surface area (TPSA) is 17.1 Å². The Morgan fingerprint density at radius 2 is 2.23 bits per heavy atom. The fourth-order valence-electron chi connectivity index (χ4n) is 1.30. The monoisotopic (exact) mass is 196 g/mol. The van der Waals surface area contributed by atoms with Crippen LogP contribution >= 0.6 is 11.6 Å². The molecule has 70 valence electrons. The van der Waals surface area contributed by atoms with Crippen molar-refractivity contribution in [1.82, 2.24) is 0 Å². The van der Waals surface area contributed by atoms with E-state index in [0.717, 1.165) is 28.9 Å². The molecular formula is C11H13ClO. The van der Waals surface area contributed by atoms with Gasteiger partial charge in [-0.05, 0) is 17.5 Å². The maximum Gasteiger partial charge on any atom is 0.127 e. The molecule has 0 spiro atoms. The van der Waals surface area contributed by atoms with Gasteiger partial charge in [-0.1, -0.05) is 43.6 Å². The highest BCUT2D eigenvalue weighted by Gasteiger charge is 2.10. The van der Waals surface area contributed by atoms with Crippen molar-refractivity contribution in [3.63, 3.8) is 0 Å². The van der Waals surface area contributed by atoms with Gasteiger partial charge in [0.25, 0.3) is 0 Å². The predicted molar refractivity (Wildman–Crippen MR) is 55.3 cm³/mol. The second-order valence-electron chi connectivity index (χ2n) is 3.10. The molecular weight excluding hydrogens is 184 g/mol. The molecule has 0 aliphatic heterocycles. The number of rotatable bonds is 3. The van der Waals surface area contributed by atoms with Crippen molar-refractivity contribution in [2.24, 2.45) is 0 Å². The molecule has 0 aliphatic carbocycles. The maximum atomic E-state index is 10.6. The average Bonchev–Trinajstić information content (AvgIpc) is 2.17. The average molecular weight is 197 g/mol. The quantitative estimate of drug-likeness (QED) is 0.679. The van der Waals surface area contributed by atoms with Crippen LogP contribution in [0.3, 0.4) is 0 Å². The van der Waals surface area contributed by atoms with E-state index in [1.165, 1.54) is 0 Å². The number of aryl methyl sites for hydroxylation is 1. The first kappa shape index (κ1) is 10.3. The summed E-state index contributed by atoms with van der Waals surface area (Å²) < 4.78 is 0. The molecule has 13 heavy (non-hydrogen) atoms. The van der Waals surface area contributed by atoms with E-state index in [2.05, 4.69) is 6.92 Å². The largest absolute Gasteiger partial charge is 0.303 e. The summed E-state index contributed by atoms with van der Waals surface area (Å²) in [6.07, 6.45) is 1.82. The highest BCUT2D eigenvalue weighted by Crippen LogP contribution is 2.26. The van der Waals surface area contributed by atoms with Gasteiger partial charge in [-0.2, -0.15) is 0 Å². The van der Waals surface area contributed by atoms with E-state index in [1.807, 2.05) is 25.1 Å². The third kappa shape index (κ3) is 2.10. The first-order valence-corrected chi connectivity index (χ1v) is 4.81. The number of aldehydes is 1. The Morgan fingerprint density at radius 1 is 1.54 bits per heavy atom. The van der Waals surface area contributed by atoms with Crippen molar-refractivity contribution in [2.75, 3.05) is 0 Å². The smallest absolute Gasteiger partial charge is 0.127 e. The van der Waals surface area contributed by atoms with Crippen LogP contribution in [0, 0.1) is 0 Å². The summed E-state index contributed by atoms with van der Waals surface area (Å²) in [5.41, 5.74) is 2.03. The van der Waals surface area contributed by atoms with Gasteiger partial charge in [0.15, 0.2) is 0 Å². The summed E-state index contributed by atoms with van der Waals surface area (Å²) in [6.45, 7) is 3.91. The van der Waals surface area contributed by atoms with Crippen LogP contribution in [0.4, 0.5) is 0 Å². The van der Waals surface area contributed by atoms with Crippen LogP contribution in [0.5, 0.6) is 0 Å². The van der Waals surface area contributed by atoms with Crippen LogP contribution in [0.15, 0.2) is 18.2 Å². The highest BCUT2D eigenvalue weighted by molar-refractivity contribution is 6.32. The van der Waals surface area contributed by atoms with Crippen molar-refractivity contribution < 1.29 is 4.79 Å². The number of benzene rings is 1. The third-order valence-corrected chi connectivity index (χ3v) is 2.65. The van der Waals surface area contributed by atoms with Crippen molar-refractivity contribution in [2.45, 2.75) is 26.2 Å². The van der Waals surface area contributed by atoms with Gasteiger partial charge in [0.05, 0.1) is 0 Å². The molecule has 0 saturated carbocycles. The Bertz CT molecular complexity index is 307. The molecule has 0 saturated heterocycles. The third-order valence-electron chi connectivity index (χ3n) is 2.18. The number of halogens is 1. The SMILES string of the molecule is CCc1cccc(C(C)C=O)c1Cl. The lowest BCUT2D eigenvalue weighted by Crippen LogP contribution is -1.97. The number of hydrogen-bond acceptors (Lipinski definition) is 1. The molecule has 0 bridgehead atoms. The van der Waals surface area contributed by atoms with E-state index in [1.54, 1.807) is 0 Å². The Kier molecular flexibility index (Phi) is 3.49. The Labute approximate surface area is 83.7 Å². The first-order valence-electron chi connectivity index (χ1n) is 4.43.